The Hall–Kier alpha value is -1.83. The summed E-state index contributed by atoms with van der Waals surface area (Å²) in [5, 5.41) is 2.26. The van der Waals surface area contributed by atoms with E-state index in [-0.39, 0.29) is 0 Å². The van der Waals surface area contributed by atoms with Crippen LogP contribution in [-0.2, 0) is 4.79 Å². The zero-order chi connectivity index (χ0) is 9.97. The minimum Gasteiger partial charge on any atom is -0.318 e. The van der Waals surface area contributed by atoms with Crippen molar-refractivity contribution in [3.63, 3.8) is 0 Å². The van der Waals surface area contributed by atoms with Gasteiger partial charge < -0.3 is 4.90 Å². The molecule has 14 heavy (non-hydrogen) atoms. The van der Waals surface area contributed by atoms with Crippen LogP contribution in [0.5, 0.6) is 0 Å². The van der Waals surface area contributed by atoms with E-state index in [1.807, 2.05) is 36.4 Å². The summed E-state index contributed by atoms with van der Waals surface area (Å²) in [6.07, 6.45) is 0.802. The van der Waals surface area contributed by atoms with Gasteiger partial charge in [0.2, 0.25) is 6.41 Å². The Balaban J connectivity index is 2.56. The van der Waals surface area contributed by atoms with Crippen molar-refractivity contribution in [3.8, 4) is 0 Å². The molecule has 2 nitrogen and oxygen atoms in total. The van der Waals surface area contributed by atoms with Crippen LogP contribution in [0.4, 0.5) is 5.69 Å². The van der Waals surface area contributed by atoms with Gasteiger partial charge in [-0.15, -0.1) is 0 Å². The molecule has 2 aromatic carbocycles. The fourth-order valence-corrected chi connectivity index (χ4v) is 1.39. The largest absolute Gasteiger partial charge is 0.318 e. The average molecular weight is 184 g/mol. The molecular weight excluding hydrogens is 174 g/mol. The van der Waals surface area contributed by atoms with Crippen molar-refractivity contribution < 1.29 is 4.79 Å². The van der Waals surface area contributed by atoms with Gasteiger partial charge in [0, 0.05) is 12.7 Å². The zero-order valence-corrected chi connectivity index (χ0v) is 7.90. The summed E-state index contributed by atoms with van der Waals surface area (Å²) in [5.41, 5.74) is 0.902. The third kappa shape index (κ3) is 1.46. The number of hydrogen-bond donors (Lipinski definition) is 0. The quantitative estimate of drug-likeness (QED) is 0.655. The van der Waals surface area contributed by atoms with Crippen LogP contribution < -0.4 is 4.90 Å². The predicted molar refractivity (Wildman–Crippen MR) is 57.3 cm³/mol. The first-order chi connectivity index (χ1) is 6.81. The Morgan fingerprint density at radius 3 is 2.93 bits per heavy atom. The predicted octanol–water partition coefficient (Wildman–Crippen LogP) is 2.23. The monoisotopic (exact) mass is 184 g/mol. The van der Waals surface area contributed by atoms with Crippen LogP contribution in [0.25, 0.3) is 10.8 Å². The summed E-state index contributed by atoms with van der Waals surface area (Å²) < 4.78 is 0. The Morgan fingerprint density at radius 2 is 2.14 bits per heavy atom. The fraction of sp³-hybridized carbons (Fsp3) is 0.0833. The lowest BCUT2D eigenvalue weighted by molar-refractivity contribution is -0.107. The average Bonchev–Trinajstić information content (AvgIpc) is 2.27. The normalized spacial score (nSPS) is 10.1. The lowest BCUT2D eigenvalue weighted by Crippen LogP contribution is -2.13. The highest BCUT2D eigenvalue weighted by molar-refractivity contribution is 5.88. The van der Waals surface area contributed by atoms with Crippen molar-refractivity contribution in [1.82, 2.24) is 0 Å². The van der Waals surface area contributed by atoms with E-state index in [4.69, 9.17) is 0 Å². The number of fused-ring (bicyclic) bond motifs is 1. The highest BCUT2D eigenvalue weighted by Gasteiger charge is 1.99. The van der Waals surface area contributed by atoms with Gasteiger partial charge in [-0.1, -0.05) is 18.2 Å². The molecule has 0 bridgehead atoms. The van der Waals surface area contributed by atoms with Crippen LogP contribution in [-0.4, -0.2) is 13.5 Å². The third-order valence-corrected chi connectivity index (χ3v) is 2.23. The number of hydrogen-bond acceptors (Lipinski definition) is 1. The molecular formula is C12H10NO. The minimum absolute atomic E-state index is 0.802. The first-order valence-electron chi connectivity index (χ1n) is 4.39. The van der Waals surface area contributed by atoms with E-state index in [0.29, 0.717) is 0 Å². The summed E-state index contributed by atoms with van der Waals surface area (Å²) in [7, 11) is 1.74. The molecule has 0 saturated carbocycles. The van der Waals surface area contributed by atoms with E-state index in [2.05, 4.69) is 6.07 Å². The van der Waals surface area contributed by atoms with Crippen molar-refractivity contribution in [2.45, 2.75) is 0 Å². The van der Waals surface area contributed by atoms with Gasteiger partial charge in [0.05, 0.1) is 0 Å². The molecule has 0 heterocycles. The van der Waals surface area contributed by atoms with E-state index in [0.717, 1.165) is 22.9 Å². The number of anilines is 1. The molecule has 0 spiro atoms. The van der Waals surface area contributed by atoms with Gasteiger partial charge >= 0.3 is 0 Å². The number of benzene rings is 2. The molecule has 0 aliphatic heterocycles. The van der Waals surface area contributed by atoms with Gasteiger partial charge in [0.25, 0.3) is 0 Å². The smallest absolute Gasteiger partial charge is 0.213 e. The molecule has 0 N–H and O–H groups in total. The van der Waals surface area contributed by atoms with E-state index < -0.39 is 0 Å². The molecule has 1 radical (unpaired) electrons. The standard InChI is InChI=1S/C12H10NO/c1-13(9-14)12-7-6-10-4-2-3-5-11(10)8-12/h3-9H,1H3. The number of nitrogens with zero attached hydrogens (tertiary/aromatic N) is 1. The van der Waals surface area contributed by atoms with Crippen LogP contribution in [0.2, 0.25) is 0 Å². The van der Waals surface area contributed by atoms with Crippen molar-refractivity contribution >= 4 is 22.9 Å². The molecule has 2 aromatic rings. The highest BCUT2D eigenvalue weighted by atomic mass is 16.1. The molecule has 0 atom stereocenters. The van der Waals surface area contributed by atoms with E-state index in [1.54, 1.807) is 11.9 Å². The van der Waals surface area contributed by atoms with Gasteiger partial charge in [-0.3, -0.25) is 4.79 Å². The zero-order valence-electron chi connectivity index (χ0n) is 7.90. The summed E-state index contributed by atoms with van der Waals surface area (Å²) in [6, 6.07) is 14.7. The van der Waals surface area contributed by atoms with Crippen LogP contribution in [0.1, 0.15) is 0 Å². The molecule has 0 unspecified atom stereocenters. The number of carbonyl (C=O) groups excluding carboxylic acids is 1. The van der Waals surface area contributed by atoms with Crippen molar-refractivity contribution in [1.29, 1.82) is 0 Å². The van der Waals surface area contributed by atoms with Crippen LogP contribution in [0.15, 0.2) is 36.4 Å². The van der Waals surface area contributed by atoms with Gasteiger partial charge in [-0.25, -0.2) is 0 Å². The van der Waals surface area contributed by atoms with Crippen LogP contribution in [0.3, 0.4) is 0 Å². The van der Waals surface area contributed by atoms with Crippen molar-refractivity contribution in [2.24, 2.45) is 0 Å². The first kappa shape index (κ1) is 8.75. The van der Waals surface area contributed by atoms with Crippen LogP contribution in [0, 0.1) is 6.07 Å². The molecule has 1 amide bonds. The number of carbonyl (C=O) groups is 1. The van der Waals surface area contributed by atoms with Gasteiger partial charge in [0.1, 0.15) is 0 Å². The highest BCUT2D eigenvalue weighted by Crippen LogP contribution is 2.20. The number of rotatable bonds is 2. The molecule has 2 rings (SSSR count). The summed E-state index contributed by atoms with van der Waals surface area (Å²) in [4.78, 5) is 12.1. The second-order valence-corrected chi connectivity index (χ2v) is 3.17. The van der Waals surface area contributed by atoms with Crippen molar-refractivity contribution in [3.05, 3.63) is 42.5 Å². The third-order valence-electron chi connectivity index (χ3n) is 2.23. The Kier molecular flexibility index (Phi) is 2.19. The molecule has 0 aliphatic rings. The lowest BCUT2D eigenvalue weighted by Gasteiger charge is -2.10. The fourth-order valence-electron chi connectivity index (χ4n) is 1.39. The van der Waals surface area contributed by atoms with E-state index in [1.165, 1.54) is 0 Å². The Labute approximate surface area is 82.8 Å². The molecule has 0 saturated heterocycles. The SMILES string of the molecule is CN(C=O)c1ccc2c[c]ccc2c1. The maximum absolute atomic E-state index is 10.6. The summed E-state index contributed by atoms with van der Waals surface area (Å²) in [5.74, 6) is 0. The molecule has 0 fully saturated rings. The maximum Gasteiger partial charge on any atom is 0.213 e. The van der Waals surface area contributed by atoms with Gasteiger partial charge in [0.15, 0.2) is 0 Å². The minimum atomic E-state index is 0.802. The topological polar surface area (TPSA) is 20.3 Å². The molecule has 69 valence electrons. The van der Waals surface area contributed by atoms with E-state index in [9.17, 15) is 4.79 Å². The van der Waals surface area contributed by atoms with Crippen molar-refractivity contribution in [2.75, 3.05) is 11.9 Å². The first-order valence-corrected chi connectivity index (χ1v) is 4.39. The maximum atomic E-state index is 10.6. The van der Waals surface area contributed by atoms with E-state index >= 15 is 0 Å². The van der Waals surface area contributed by atoms with Crippen LogP contribution >= 0.6 is 0 Å². The second kappa shape index (κ2) is 3.50. The Morgan fingerprint density at radius 1 is 1.29 bits per heavy atom. The second-order valence-electron chi connectivity index (χ2n) is 3.17. The molecule has 0 aromatic heterocycles. The Bertz CT molecular complexity index is 465. The van der Waals surface area contributed by atoms with Gasteiger partial charge in [-0.2, -0.15) is 0 Å². The number of amides is 1. The van der Waals surface area contributed by atoms with Gasteiger partial charge in [-0.05, 0) is 35.0 Å². The lowest BCUT2D eigenvalue weighted by atomic mass is 10.1. The molecule has 0 aliphatic carbocycles. The summed E-state index contributed by atoms with van der Waals surface area (Å²) in [6.45, 7) is 0. The molecule has 2 heteroatoms. The summed E-state index contributed by atoms with van der Waals surface area (Å²) >= 11 is 0.